The van der Waals surface area contributed by atoms with Crippen LogP contribution in [0.1, 0.15) is 12.0 Å². The van der Waals surface area contributed by atoms with Crippen LogP contribution in [0.25, 0.3) is 0 Å². The topological polar surface area (TPSA) is 67.9 Å². The number of carbonyl (C=O) groups excluding carboxylic acids is 2. The van der Waals surface area contributed by atoms with Gasteiger partial charge in [-0.25, -0.2) is 4.79 Å². The van der Waals surface area contributed by atoms with Gasteiger partial charge in [0.25, 0.3) is 0 Å². The number of nitrogens with one attached hydrogen (secondary N) is 2. The zero-order valence-corrected chi connectivity index (χ0v) is 20.2. The zero-order valence-electron chi connectivity index (χ0n) is 20.2. The van der Waals surface area contributed by atoms with Crippen molar-refractivity contribution in [3.05, 3.63) is 90.5 Å². The van der Waals surface area contributed by atoms with Crippen LogP contribution in [0.4, 0.5) is 21.9 Å². The SMILES string of the molecule is CN(Cc1ccccc1)c1ccccc1NC(=O)NCCC(=O)N1CCN(c2ccccc2)CC1. The normalized spacial score (nSPS) is 13.3. The minimum atomic E-state index is -0.313. The fourth-order valence-electron chi connectivity index (χ4n) is 4.32. The van der Waals surface area contributed by atoms with E-state index in [0.717, 1.165) is 31.0 Å². The van der Waals surface area contributed by atoms with Crippen molar-refractivity contribution >= 4 is 29.0 Å². The Bertz CT molecular complexity index is 1100. The number of anilines is 3. The number of nitrogens with zero attached hydrogens (tertiary/aromatic N) is 3. The van der Waals surface area contributed by atoms with Gasteiger partial charge in [-0.15, -0.1) is 0 Å². The first-order chi connectivity index (χ1) is 17.1. The molecule has 0 radical (unpaired) electrons. The second-order valence-corrected chi connectivity index (χ2v) is 8.69. The Morgan fingerprint density at radius 1 is 0.829 bits per heavy atom. The molecule has 35 heavy (non-hydrogen) atoms. The van der Waals surface area contributed by atoms with Crippen molar-refractivity contribution in [3.63, 3.8) is 0 Å². The quantitative estimate of drug-likeness (QED) is 0.517. The van der Waals surface area contributed by atoms with E-state index < -0.39 is 0 Å². The number of amides is 3. The molecule has 3 aromatic carbocycles. The molecule has 1 aliphatic rings. The van der Waals surface area contributed by atoms with Crippen molar-refractivity contribution < 1.29 is 9.59 Å². The van der Waals surface area contributed by atoms with Gasteiger partial charge >= 0.3 is 6.03 Å². The van der Waals surface area contributed by atoms with E-state index in [0.29, 0.717) is 19.6 Å². The van der Waals surface area contributed by atoms with Gasteiger partial charge in [0.2, 0.25) is 5.91 Å². The number of urea groups is 1. The van der Waals surface area contributed by atoms with E-state index in [1.165, 1.54) is 11.3 Å². The van der Waals surface area contributed by atoms with Crippen molar-refractivity contribution in [3.8, 4) is 0 Å². The first kappa shape index (κ1) is 24.1. The van der Waals surface area contributed by atoms with Gasteiger partial charge in [0.15, 0.2) is 0 Å². The third-order valence-corrected chi connectivity index (χ3v) is 6.20. The summed E-state index contributed by atoms with van der Waals surface area (Å²) in [4.78, 5) is 31.4. The Morgan fingerprint density at radius 2 is 1.46 bits per heavy atom. The van der Waals surface area contributed by atoms with Gasteiger partial charge in [-0.05, 0) is 29.8 Å². The Hall–Kier alpha value is -4.00. The maximum atomic E-state index is 12.6. The molecule has 0 spiro atoms. The van der Waals surface area contributed by atoms with Crippen LogP contribution in [0.2, 0.25) is 0 Å². The molecule has 0 bridgehead atoms. The van der Waals surface area contributed by atoms with E-state index in [2.05, 4.69) is 44.7 Å². The van der Waals surface area contributed by atoms with Gasteiger partial charge in [-0.3, -0.25) is 4.79 Å². The van der Waals surface area contributed by atoms with Gasteiger partial charge in [0, 0.05) is 58.4 Å². The first-order valence-corrected chi connectivity index (χ1v) is 12.1. The smallest absolute Gasteiger partial charge is 0.319 e. The highest BCUT2D eigenvalue weighted by Gasteiger charge is 2.21. The van der Waals surface area contributed by atoms with Crippen molar-refractivity contribution in [1.82, 2.24) is 10.2 Å². The molecule has 3 amide bonds. The molecule has 1 fully saturated rings. The van der Waals surface area contributed by atoms with E-state index >= 15 is 0 Å². The predicted octanol–water partition coefficient (Wildman–Crippen LogP) is 4.18. The maximum Gasteiger partial charge on any atom is 0.319 e. The van der Waals surface area contributed by atoms with Crippen molar-refractivity contribution in [1.29, 1.82) is 0 Å². The summed E-state index contributed by atoms with van der Waals surface area (Å²) in [5, 5.41) is 5.76. The molecular formula is C28H33N5O2. The Kier molecular flexibility index (Phi) is 8.22. The van der Waals surface area contributed by atoms with Gasteiger partial charge in [0.1, 0.15) is 0 Å². The van der Waals surface area contributed by atoms with Crippen LogP contribution in [0.3, 0.4) is 0 Å². The van der Waals surface area contributed by atoms with E-state index in [1.54, 1.807) is 0 Å². The number of benzene rings is 3. The van der Waals surface area contributed by atoms with Crippen LogP contribution in [0.15, 0.2) is 84.9 Å². The third-order valence-electron chi connectivity index (χ3n) is 6.20. The van der Waals surface area contributed by atoms with E-state index in [-0.39, 0.29) is 18.4 Å². The summed E-state index contributed by atoms with van der Waals surface area (Å²) >= 11 is 0. The van der Waals surface area contributed by atoms with Crippen LogP contribution in [-0.4, -0.2) is 56.6 Å². The molecule has 0 aliphatic carbocycles. The summed E-state index contributed by atoms with van der Waals surface area (Å²) in [7, 11) is 2.00. The van der Waals surface area contributed by atoms with E-state index in [9.17, 15) is 9.59 Å². The lowest BCUT2D eigenvalue weighted by Gasteiger charge is -2.36. The van der Waals surface area contributed by atoms with Gasteiger partial charge < -0.3 is 25.3 Å². The maximum absolute atomic E-state index is 12.6. The molecule has 1 aliphatic heterocycles. The lowest BCUT2D eigenvalue weighted by Crippen LogP contribution is -2.49. The molecule has 1 saturated heterocycles. The van der Waals surface area contributed by atoms with Crippen LogP contribution in [0, 0.1) is 0 Å². The largest absolute Gasteiger partial charge is 0.369 e. The number of hydrogen-bond acceptors (Lipinski definition) is 4. The molecule has 7 nitrogen and oxygen atoms in total. The fraction of sp³-hybridized carbons (Fsp3) is 0.286. The van der Waals surface area contributed by atoms with E-state index in [1.807, 2.05) is 72.6 Å². The van der Waals surface area contributed by atoms with Gasteiger partial charge in [0.05, 0.1) is 11.4 Å². The number of rotatable bonds is 8. The summed E-state index contributed by atoms with van der Waals surface area (Å²) in [5.41, 5.74) is 4.04. The van der Waals surface area contributed by atoms with Crippen molar-refractivity contribution in [2.24, 2.45) is 0 Å². The zero-order chi connectivity index (χ0) is 24.5. The average Bonchev–Trinajstić information content (AvgIpc) is 2.90. The molecule has 2 N–H and O–H groups in total. The molecule has 3 aromatic rings. The molecular weight excluding hydrogens is 438 g/mol. The number of carbonyl (C=O) groups is 2. The molecule has 0 atom stereocenters. The highest BCUT2D eigenvalue weighted by atomic mass is 16.2. The predicted molar refractivity (Wildman–Crippen MR) is 142 cm³/mol. The van der Waals surface area contributed by atoms with Crippen LogP contribution < -0.4 is 20.4 Å². The van der Waals surface area contributed by atoms with Crippen LogP contribution >= 0.6 is 0 Å². The lowest BCUT2D eigenvalue weighted by atomic mass is 10.2. The molecule has 182 valence electrons. The number of hydrogen-bond donors (Lipinski definition) is 2. The molecule has 0 saturated carbocycles. The highest BCUT2D eigenvalue weighted by Crippen LogP contribution is 2.26. The van der Waals surface area contributed by atoms with E-state index in [4.69, 9.17) is 0 Å². The Labute approximate surface area is 207 Å². The minimum absolute atomic E-state index is 0.0704. The summed E-state index contributed by atoms with van der Waals surface area (Å²) in [6, 6.07) is 27.9. The second kappa shape index (κ2) is 11.9. The van der Waals surface area contributed by atoms with Crippen molar-refractivity contribution in [2.45, 2.75) is 13.0 Å². The van der Waals surface area contributed by atoms with Crippen LogP contribution in [-0.2, 0) is 11.3 Å². The molecule has 4 rings (SSSR count). The number of para-hydroxylation sites is 3. The molecule has 1 heterocycles. The first-order valence-electron chi connectivity index (χ1n) is 12.1. The molecule has 7 heteroatoms. The fourth-order valence-corrected chi connectivity index (χ4v) is 4.32. The number of piperazine rings is 1. The molecule has 0 aromatic heterocycles. The summed E-state index contributed by atoms with van der Waals surface area (Å²) in [5.74, 6) is 0.0704. The highest BCUT2D eigenvalue weighted by molar-refractivity contribution is 5.93. The van der Waals surface area contributed by atoms with Gasteiger partial charge in [-0.1, -0.05) is 60.7 Å². The molecule has 0 unspecified atom stereocenters. The average molecular weight is 472 g/mol. The summed E-state index contributed by atoms with van der Waals surface area (Å²) in [6.45, 7) is 4.05. The van der Waals surface area contributed by atoms with Crippen LogP contribution in [0.5, 0.6) is 0 Å². The lowest BCUT2D eigenvalue weighted by molar-refractivity contribution is -0.131. The van der Waals surface area contributed by atoms with Crippen molar-refractivity contribution in [2.75, 3.05) is 54.9 Å². The second-order valence-electron chi connectivity index (χ2n) is 8.69. The minimum Gasteiger partial charge on any atom is -0.369 e. The Morgan fingerprint density at radius 3 is 2.17 bits per heavy atom. The summed E-state index contributed by atoms with van der Waals surface area (Å²) < 4.78 is 0. The standard InChI is InChI=1S/C28H33N5O2/c1-31(22-23-10-4-2-5-11-23)26-15-9-8-14-25(26)30-28(35)29-17-16-27(34)33-20-18-32(19-21-33)24-12-6-3-7-13-24/h2-15H,16-22H2,1H3,(H2,29,30,35). The van der Waals surface area contributed by atoms with Gasteiger partial charge in [-0.2, -0.15) is 0 Å². The summed E-state index contributed by atoms with van der Waals surface area (Å²) in [6.07, 6.45) is 0.286. The Balaban J connectivity index is 1.22. The third kappa shape index (κ3) is 6.76. The monoisotopic (exact) mass is 471 g/mol.